The van der Waals surface area contributed by atoms with Crippen molar-refractivity contribution in [3.05, 3.63) is 64.7 Å². The molecule has 26 heavy (non-hydrogen) atoms. The van der Waals surface area contributed by atoms with Gasteiger partial charge >= 0.3 is 6.18 Å². The van der Waals surface area contributed by atoms with Crippen LogP contribution in [-0.4, -0.2) is 25.5 Å². The summed E-state index contributed by atoms with van der Waals surface area (Å²) < 4.78 is 41.1. The third-order valence-electron chi connectivity index (χ3n) is 3.49. The monoisotopic (exact) mass is 383 g/mol. The summed E-state index contributed by atoms with van der Waals surface area (Å²) in [5.41, 5.74) is 0.164. The number of anilines is 1. The standard InChI is InChI=1S/C16H13ClF3N5O/c1-24-9-13(17)14(23-24)15(26)22-12-6-21-25(8-12)7-10-3-2-4-11(5-10)16(18,19)20/h2-6,8-9H,7H2,1H3,(H,22,26). The lowest BCUT2D eigenvalue weighted by molar-refractivity contribution is -0.137. The van der Waals surface area contributed by atoms with E-state index in [2.05, 4.69) is 15.5 Å². The largest absolute Gasteiger partial charge is 0.416 e. The molecule has 0 aliphatic heterocycles. The van der Waals surface area contributed by atoms with Crippen LogP contribution < -0.4 is 5.32 Å². The summed E-state index contributed by atoms with van der Waals surface area (Å²) in [4.78, 5) is 12.1. The lowest BCUT2D eigenvalue weighted by Crippen LogP contribution is -2.13. The van der Waals surface area contributed by atoms with Crippen LogP contribution in [0.1, 0.15) is 21.6 Å². The Morgan fingerprint density at radius 2 is 2.08 bits per heavy atom. The number of rotatable bonds is 4. The fourth-order valence-electron chi connectivity index (χ4n) is 2.35. The maximum atomic E-state index is 12.8. The van der Waals surface area contributed by atoms with Crippen molar-refractivity contribution in [2.45, 2.75) is 12.7 Å². The van der Waals surface area contributed by atoms with E-state index in [1.54, 1.807) is 13.1 Å². The number of nitrogens with one attached hydrogen (secondary N) is 1. The molecule has 6 nitrogen and oxygen atoms in total. The predicted octanol–water partition coefficient (Wildman–Crippen LogP) is 3.59. The molecule has 0 aliphatic carbocycles. The van der Waals surface area contributed by atoms with Crippen molar-refractivity contribution in [1.82, 2.24) is 19.6 Å². The molecule has 0 spiro atoms. The van der Waals surface area contributed by atoms with Gasteiger partial charge in [-0.05, 0) is 17.7 Å². The first-order valence-corrected chi connectivity index (χ1v) is 7.79. The summed E-state index contributed by atoms with van der Waals surface area (Å²) in [6.07, 6.45) is -0.00783. The topological polar surface area (TPSA) is 64.7 Å². The number of hydrogen-bond donors (Lipinski definition) is 1. The Hall–Kier alpha value is -2.81. The van der Waals surface area contributed by atoms with Crippen LogP contribution in [0.5, 0.6) is 0 Å². The summed E-state index contributed by atoms with van der Waals surface area (Å²) in [7, 11) is 1.63. The second kappa shape index (κ2) is 6.83. The molecular weight excluding hydrogens is 371 g/mol. The van der Waals surface area contributed by atoms with Crippen LogP contribution in [0.4, 0.5) is 18.9 Å². The minimum absolute atomic E-state index is 0.0693. The number of nitrogens with zero attached hydrogens (tertiary/aromatic N) is 4. The van der Waals surface area contributed by atoms with Crippen molar-refractivity contribution in [1.29, 1.82) is 0 Å². The van der Waals surface area contributed by atoms with E-state index < -0.39 is 17.6 Å². The summed E-state index contributed by atoms with van der Waals surface area (Å²) in [5, 5.41) is 10.8. The van der Waals surface area contributed by atoms with E-state index in [1.807, 2.05) is 0 Å². The quantitative estimate of drug-likeness (QED) is 0.748. The third-order valence-corrected chi connectivity index (χ3v) is 3.77. The number of hydrogen-bond acceptors (Lipinski definition) is 3. The fraction of sp³-hybridized carbons (Fsp3) is 0.188. The number of alkyl halides is 3. The number of aryl methyl sites for hydroxylation is 1. The molecule has 3 aromatic rings. The average Bonchev–Trinajstić information content (AvgIpc) is 3.12. The smallest absolute Gasteiger partial charge is 0.318 e. The summed E-state index contributed by atoms with van der Waals surface area (Å²) >= 11 is 5.91. The molecule has 2 aromatic heterocycles. The number of benzene rings is 1. The molecule has 1 amide bonds. The van der Waals surface area contributed by atoms with Crippen molar-refractivity contribution in [2.24, 2.45) is 7.05 Å². The zero-order valence-electron chi connectivity index (χ0n) is 13.5. The Morgan fingerprint density at radius 3 is 2.73 bits per heavy atom. The Labute approximate surface area is 151 Å². The normalized spacial score (nSPS) is 11.6. The predicted molar refractivity (Wildman–Crippen MR) is 88.9 cm³/mol. The molecule has 0 saturated heterocycles. The van der Waals surface area contributed by atoms with Gasteiger partial charge in [0, 0.05) is 19.4 Å². The van der Waals surface area contributed by atoms with Crippen LogP contribution in [-0.2, 0) is 19.8 Å². The second-order valence-electron chi connectivity index (χ2n) is 5.58. The Balaban J connectivity index is 1.70. The van der Waals surface area contributed by atoms with Gasteiger partial charge in [0.2, 0.25) is 0 Å². The molecule has 0 bridgehead atoms. The van der Waals surface area contributed by atoms with Crippen LogP contribution >= 0.6 is 11.6 Å². The van der Waals surface area contributed by atoms with Crippen LogP contribution in [0.15, 0.2) is 42.9 Å². The summed E-state index contributed by atoms with van der Waals surface area (Å²) in [6.45, 7) is 0.129. The van der Waals surface area contributed by atoms with Gasteiger partial charge in [-0.1, -0.05) is 23.7 Å². The van der Waals surface area contributed by atoms with E-state index in [0.717, 1.165) is 12.1 Å². The second-order valence-corrected chi connectivity index (χ2v) is 5.99. The first kappa shape index (κ1) is 18.0. The fourth-order valence-corrected chi connectivity index (χ4v) is 2.62. The van der Waals surface area contributed by atoms with Gasteiger partial charge in [0.05, 0.1) is 29.0 Å². The van der Waals surface area contributed by atoms with Gasteiger partial charge in [0.25, 0.3) is 5.91 Å². The van der Waals surface area contributed by atoms with Gasteiger partial charge in [-0.15, -0.1) is 0 Å². The van der Waals surface area contributed by atoms with Gasteiger partial charge in [-0.3, -0.25) is 14.2 Å². The average molecular weight is 384 g/mol. The van der Waals surface area contributed by atoms with Gasteiger partial charge < -0.3 is 5.32 Å². The van der Waals surface area contributed by atoms with Crippen LogP contribution in [0.3, 0.4) is 0 Å². The molecule has 136 valence electrons. The highest BCUT2D eigenvalue weighted by molar-refractivity contribution is 6.34. The molecule has 0 radical (unpaired) electrons. The van der Waals surface area contributed by atoms with E-state index in [1.165, 1.54) is 34.0 Å². The number of aromatic nitrogens is 4. The lowest BCUT2D eigenvalue weighted by Gasteiger charge is -2.08. The Bertz CT molecular complexity index is 948. The van der Waals surface area contributed by atoms with E-state index in [4.69, 9.17) is 11.6 Å². The van der Waals surface area contributed by atoms with E-state index in [0.29, 0.717) is 11.3 Å². The van der Waals surface area contributed by atoms with Gasteiger partial charge in [-0.25, -0.2) is 0 Å². The molecule has 2 heterocycles. The van der Waals surface area contributed by atoms with Crippen LogP contribution in [0.25, 0.3) is 0 Å². The maximum Gasteiger partial charge on any atom is 0.416 e. The molecule has 1 N–H and O–H groups in total. The number of carbonyl (C=O) groups is 1. The molecule has 0 unspecified atom stereocenters. The molecule has 1 aromatic carbocycles. The highest BCUT2D eigenvalue weighted by atomic mass is 35.5. The van der Waals surface area contributed by atoms with Crippen molar-refractivity contribution < 1.29 is 18.0 Å². The van der Waals surface area contributed by atoms with Gasteiger partial charge in [0.1, 0.15) is 0 Å². The lowest BCUT2D eigenvalue weighted by atomic mass is 10.1. The summed E-state index contributed by atoms with van der Waals surface area (Å²) in [6, 6.07) is 4.98. The molecule has 0 aliphatic rings. The SMILES string of the molecule is Cn1cc(Cl)c(C(=O)Nc2cnn(Cc3cccc(C(F)(F)F)c3)c2)n1. The third kappa shape index (κ3) is 4.05. The Kier molecular flexibility index (Phi) is 4.73. The van der Waals surface area contributed by atoms with Gasteiger partial charge in [-0.2, -0.15) is 23.4 Å². The number of carbonyl (C=O) groups excluding carboxylic acids is 1. The first-order chi connectivity index (χ1) is 12.2. The minimum atomic E-state index is -4.40. The zero-order chi connectivity index (χ0) is 18.9. The van der Waals surface area contributed by atoms with E-state index >= 15 is 0 Å². The first-order valence-electron chi connectivity index (χ1n) is 7.41. The molecule has 3 rings (SSSR count). The molecule has 0 fully saturated rings. The van der Waals surface area contributed by atoms with Crippen molar-refractivity contribution in [2.75, 3.05) is 5.32 Å². The van der Waals surface area contributed by atoms with Crippen LogP contribution in [0.2, 0.25) is 5.02 Å². The van der Waals surface area contributed by atoms with E-state index in [-0.39, 0.29) is 17.3 Å². The van der Waals surface area contributed by atoms with Crippen molar-refractivity contribution in [3.63, 3.8) is 0 Å². The van der Waals surface area contributed by atoms with Crippen molar-refractivity contribution in [3.8, 4) is 0 Å². The highest BCUT2D eigenvalue weighted by Crippen LogP contribution is 2.29. The van der Waals surface area contributed by atoms with Crippen molar-refractivity contribution >= 4 is 23.2 Å². The molecular formula is C16H13ClF3N5O. The zero-order valence-corrected chi connectivity index (χ0v) is 14.2. The Morgan fingerprint density at radius 1 is 1.31 bits per heavy atom. The minimum Gasteiger partial charge on any atom is -0.318 e. The molecule has 0 saturated carbocycles. The highest BCUT2D eigenvalue weighted by Gasteiger charge is 2.30. The molecule has 0 atom stereocenters. The van der Waals surface area contributed by atoms with Gasteiger partial charge in [0.15, 0.2) is 5.69 Å². The number of amides is 1. The maximum absolute atomic E-state index is 12.8. The van der Waals surface area contributed by atoms with Crippen LogP contribution in [0, 0.1) is 0 Å². The summed E-state index contributed by atoms with van der Waals surface area (Å²) in [5.74, 6) is -0.505. The molecule has 10 heteroatoms. The van der Waals surface area contributed by atoms with E-state index in [9.17, 15) is 18.0 Å². The number of halogens is 4.